The van der Waals surface area contributed by atoms with Crippen LogP contribution in [0.2, 0.25) is 0 Å². The van der Waals surface area contributed by atoms with Gasteiger partial charge in [0.15, 0.2) is 0 Å². The van der Waals surface area contributed by atoms with E-state index in [4.69, 9.17) is 10.5 Å². The smallest absolute Gasteiger partial charge is 0.128 e. The van der Waals surface area contributed by atoms with E-state index in [9.17, 15) is 0 Å². The van der Waals surface area contributed by atoms with Gasteiger partial charge in [0.25, 0.3) is 0 Å². The average molecular weight is 274 g/mol. The van der Waals surface area contributed by atoms with Crippen LogP contribution >= 0.6 is 0 Å². The Kier molecular flexibility index (Phi) is 4.09. The Labute approximate surface area is 119 Å². The number of hydrogen-bond donors (Lipinski definition) is 1. The largest absolute Gasteiger partial charge is 0.496 e. The molecule has 20 heavy (non-hydrogen) atoms. The quantitative estimate of drug-likeness (QED) is 0.926. The molecule has 5 heteroatoms. The van der Waals surface area contributed by atoms with Gasteiger partial charge in [0.2, 0.25) is 0 Å². The molecule has 0 aromatic carbocycles. The summed E-state index contributed by atoms with van der Waals surface area (Å²) in [6.45, 7) is 6.04. The van der Waals surface area contributed by atoms with Crippen molar-refractivity contribution in [3.05, 3.63) is 40.5 Å². The number of hydrogen-bond acceptors (Lipinski definition) is 4. The SMILES string of the molecule is COc1c(C)cnc(CC(N)c2cnn(C)c2C)c1C. The first-order valence-electron chi connectivity index (χ1n) is 6.68. The fourth-order valence-electron chi connectivity index (χ4n) is 2.47. The van der Waals surface area contributed by atoms with Gasteiger partial charge in [-0.15, -0.1) is 0 Å². The predicted molar refractivity (Wildman–Crippen MR) is 78.8 cm³/mol. The van der Waals surface area contributed by atoms with Gasteiger partial charge in [0.1, 0.15) is 5.75 Å². The average Bonchev–Trinajstić information content (AvgIpc) is 2.74. The van der Waals surface area contributed by atoms with Crippen molar-refractivity contribution in [3.8, 4) is 5.75 Å². The number of aromatic nitrogens is 3. The zero-order chi connectivity index (χ0) is 14.9. The Balaban J connectivity index is 2.28. The normalized spacial score (nSPS) is 12.5. The van der Waals surface area contributed by atoms with Gasteiger partial charge in [0, 0.05) is 53.8 Å². The van der Waals surface area contributed by atoms with Crippen molar-refractivity contribution in [1.29, 1.82) is 0 Å². The molecule has 0 saturated carbocycles. The second kappa shape index (κ2) is 5.63. The van der Waals surface area contributed by atoms with E-state index in [0.717, 1.165) is 33.8 Å². The lowest BCUT2D eigenvalue weighted by atomic mass is 10.00. The Hall–Kier alpha value is -1.88. The monoisotopic (exact) mass is 274 g/mol. The maximum Gasteiger partial charge on any atom is 0.128 e. The second-order valence-corrected chi connectivity index (χ2v) is 5.17. The number of methoxy groups -OCH3 is 1. The summed E-state index contributed by atoms with van der Waals surface area (Å²) in [4.78, 5) is 4.50. The minimum Gasteiger partial charge on any atom is -0.496 e. The van der Waals surface area contributed by atoms with Crippen LogP contribution in [0.15, 0.2) is 12.4 Å². The molecule has 2 heterocycles. The molecule has 0 saturated heterocycles. The molecule has 0 radical (unpaired) electrons. The summed E-state index contributed by atoms with van der Waals surface area (Å²) in [5.41, 5.74) is 11.5. The molecule has 0 aliphatic carbocycles. The molecule has 0 aliphatic heterocycles. The summed E-state index contributed by atoms with van der Waals surface area (Å²) in [7, 11) is 3.61. The minimum absolute atomic E-state index is 0.109. The molecular formula is C15H22N4O. The van der Waals surface area contributed by atoms with E-state index >= 15 is 0 Å². The van der Waals surface area contributed by atoms with Crippen LogP contribution in [0.3, 0.4) is 0 Å². The van der Waals surface area contributed by atoms with Crippen LogP contribution in [-0.4, -0.2) is 21.9 Å². The van der Waals surface area contributed by atoms with E-state index in [1.54, 1.807) is 7.11 Å². The molecule has 2 rings (SSSR count). The number of pyridine rings is 1. The van der Waals surface area contributed by atoms with E-state index in [-0.39, 0.29) is 6.04 Å². The van der Waals surface area contributed by atoms with Crippen molar-refractivity contribution < 1.29 is 4.74 Å². The number of rotatable bonds is 4. The van der Waals surface area contributed by atoms with Crippen LogP contribution in [0.4, 0.5) is 0 Å². The van der Waals surface area contributed by atoms with E-state index in [1.807, 2.05) is 44.9 Å². The van der Waals surface area contributed by atoms with Crippen LogP contribution < -0.4 is 10.5 Å². The second-order valence-electron chi connectivity index (χ2n) is 5.17. The summed E-state index contributed by atoms with van der Waals surface area (Å²) in [6.07, 6.45) is 4.35. The highest BCUT2D eigenvalue weighted by Gasteiger charge is 2.17. The van der Waals surface area contributed by atoms with E-state index in [0.29, 0.717) is 6.42 Å². The highest BCUT2D eigenvalue weighted by atomic mass is 16.5. The van der Waals surface area contributed by atoms with Gasteiger partial charge in [-0.3, -0.25) is 9.67 Å². The van der Waals surface area contributed by atoms with E-state index in [1.165, 1.54) is 0 Å². The first-order chi connectivity index (χ1) is 9.45. The summed E-state index contributed by atoms with van der Waals surface area (Å²) < 4.78 is 7.27. The third-order valence-electron chi connectivity index (χ3n) is 3.84. The first-order valence-corrected chi connectivity index (χ1v) is 6.68. The van der Waals surface area contributed by atoms with Gasteiger partial charge < -0.3 is 10.5 Å². The van der Waals surface area contributed by atoms with Gasteiger partial charge in [-0.05, 0) is 20.8 Å². The molecule has 0 fully saturated rings. The Bertz CT molecular complexity index is 619. The molecule has 2 aromatic rings. The Morgan fingerprint density at radius 3 is 2.55 bits per heavy atom. The number of nitrogens with zero attached hydrogens (tertiary/aromatic N) is 3. The van der Waals surface area contributed by atoms with Gasteiger partial charge in [-0.1, -0.05) is 0 Å². The lowest BCUT2D eigenvalue weighted by Crippen LogP contribution is -2.16. The predicted octanol–water partition coefficient (Wildman–Crippen LogP) is 1.99. The molecule has 2 aromatic heterocycles. The molecule has 5 nitrogen and oxygen atoms in total. The van der Waals surface area contributed by atoms with Gasteiger partial charge in [-0.25, -0.2) is 0 Å². The maximum absolute atomic E-state index is 6.31. The van der Waals surface area contributed by atoms with Crippen LogP contribution in [0.25, 0.3) is 0 Å². The number of ether oxygens (including phenoxy) is 1. The third kappa shape index (κ3) is 2.54. The van der Waals surface area contributed by atoms with Crippen molar-refractivity contribution >= 4 is 0 Å². The van der Waals surface area contributed by atoms with Crippen LogP contribution in [0.5, 0.6) is 5.75 Å². The molecule has 0 amide bonds. The van der Waals surface area contributed by atoms with E-state index < -0.39 is 0 Å². The summed E-state index contributed by atoms with van der Waals surface area (Å²) in [6, 6.07) is -0.109. The standard InChI is InChI=1S/C15H22N4O/c1-9-7-17-14(10(2)15(9)20-5)6-13(16)12-8-18-19(4)11(12)3/h7-8,13H,6,16H2,1-5H3. The summed E-state index contributed by atoms with van der Waals surface area (Å²) in [5, 5.41) is 4.24. The molecule has 0 aliphatic rings. The molecule has 1 unspecified atom stereocenters. The maximum atomic E-state index is 6.31. The highest BCUT2D eigenvalue weighted by molar-refractivity contribution is 5.41. The van der Waals surface area contributed by atoms with Crippen LogP contribution in [0.1, 0.15) is 34.1 Å². The summed E-state index contributed by atoms with van der Waals surface area (Å²) in [5.74, 6) is 0.894. The van der Waals surface area contributed by atoms with E-state index in [2.05, 4.69) is 10.1 Å². The van der Waals surface area contributed by atoms with Crippen molar-refractivity contribution in [2.45, 2.75) is 33.2 Å². The zero-order valence-corrected chi connectivity index (χ0v) is 12.8. The van der Waals surface area contributed by atoms with Crippen LogP contribution in [-0.2, 0) is 13.5 Å². The molecule has 108 valence electrons. The Morgan fingerprint density at radius 2 is 2.00 bits per heavy atom. The topological polar surface area (TPSA) is 66.0 Å². The lowest BCUT2D eigenvalue weighted by Gasteiger charge is -2.15. The van der Waals surface area contributed by atoms with Crippen LogP contribution in [0, 0.1) is 20.8 Å². The van der Waals surface area contributed by atoms with Crippen molar-refractivity contribution in [1.82, 2.24) is 14.8 Å². The van der Waals surface area contributed by atoms with Gasteiger partial charge >= 0.3 is 0 Å². The van der Waals surface area contributed by atoms with Gasteiger partial charge in [-0.2, -0.15) is 5.10 Å². The fourth-order valence-corrected chi connectivity index (χ4v) is 2.47. The van der Waals surface area contributed by atoms with Crippen molar-refractivity contribution in [3.63, 3.8) is 0 Å². The molecule has 0 spiro atoms. The summed E-state index contributed by atoms with van der Waals surface area (Å²) >= 11 is 0. The lowest BCUT2D eigenvalue weighted by molar-refractivity contribution is 0.406. The fraction of sp³-hybridized carbons (Fsp3) is 0.467. The molecule has 2 N–H and O–H groups in total. The van der Waals surface area contributed by atoms with Crippen molar-refractivity contribution in [2.24, 2.45) is 12.8 Å². The number of aryl methyl sites for hydroxylation is 2. The minimum atomic E-state index is -0.109. The molecular weight excluding hydrogens is 252 g/mol. The first kappa shape index (κ1) is 14.5. The molecule has 0 bridgehead atoms. The highest BCUT2D eigenvalue weighted by Crippen LogP contribution is 2.27. The zero-order valence-electron chi connectivity index (χ0n) is 12.8. The van der Waals surface area contributed by atoms with Crippen molar-refractivity contribution in [2.75, 3.05) is 7.11 Å². The number of nitrogens with two attached hydrogens (primary N) is 1. The Morgan fingerprint density at radius 1 is 1.30 bits per heavy atom. The third-order valence-corrected chi connectivity index (χ3v) is 3.84. The molecule has 1 atom stereocenters. The van der Waals surface area contributed by atoms with Gasteiger partial charge in [0.05, 0.1) is 13.3 Å².